The van der Waals surface area contributed by atoms with Gasteiger partial charge in [0, 0.05) is 6.61 Å². The van der Waals surface area contributed by atoms with Gasteiger partial charge in [-0.05, 0) is 35.4 Å². The third-order valence-corrected chi connectivity index (χ3v) is 3.04. The highest BCUT2D eigenvalue weighted by atomic mass is 127. The highest BCUT2D eigenvalue weighted by molar-refractivity contribution is 14.1. The molecule has 0 atom stereocenters. The Balaban J connectivity index is 3.00. The van der Waals surface area contributed by atoms with Gasteiger partial charge in [-0.25, -0.2) is 9.97 Å². The summed E-state index contributed by atoms with van der Waals surface area (Å²) in [7, 11) is 0. The molecule has 0 spiro atoms. The Morgan fingerprint density at radius 2 is 2.07 bits per heavy atom. The van der Waals surface area contributed by atoms with Crippen molar-refractivity contribution in [3.05, 3.63) is 15.1 Å². The number of hydrogen-bond donors (Lipinski definition) is 1. The summed E-state index contributed by atoms with van der Waals surface area (Å²) in [5.74, 6) is 1.56. The minimum Gasteiger partial charge on any atom is -0.383 e. The van der Waals surface area contributed by atoms with Crippen LogP contribution in [0.25, 0.3) is 0 Å². The van der Waals surface area contributed by atoms with E-state index in [9.17, 15) is 0 Å². The Morgan fingerprint density at radius 3 is 2.60 bits per heavy atom. The van der Waals surface area contributed by atoms with Crippen LogP contribution in [0.15, 0.2) is 0 Å². The summed E-state index contributed by atoms with van der Waals surface area (Å²) >= 11 is 2.18. The number of nitrogens with zero attached hydrogens (tertiary/aromatic N) is 2. The molecule has 0 fully saturated rings. The van der Waals surface area contributed by atoms with Gasteiger partial charge in [-0.2, -0.15) is 0 Å². The maximum atomic E-state index is 5.82. The van der Waals surface area contributed by atoms with E-state index >= 15 is 0 Å². The summed E-state index contributed by atoms with van der Waals surface area (Å²) in [6.07, 6.45) is 0. The molecule has 1 aromatic heterocycles. The zero-order valence-corrected chi connectivity index (χ0v) is 11.4. The number of hydrogen-bond acceptors (Lipinski definition) is 4. The molecular weight excluding hydrogens is 305 g/mol. The van der Waals surface area contributed by atoms with Crippen LogP contribution in [0.3, 0.4) is 0 Å². The summed E-state index contributed by atoms with van der Waals surface area (Å²) in [6, 6.07) is 0. The predicted octanol–water partition coefficient (Wildman–Crippen LogP) is 2.32. The van der Waals surface area contributed by atoms with E-state index in [2.05, 4.69) is 46.4 Å². The van der Waals surface area contributed by atoms with Crippen molar-refractivity contribution in [2.45, 2.75) is 33.3 Å². The average molecular weight is 321 g/mol. The van der Waals surface area contributed by atoms with Gasteiger partial charge in [0.15, 0.2) is 5.82 Å². The molecule has 0 aliphatic carbocycles. The van der Waals surface area contributed by atoms with Gasteiger partial charge in [-0.1, -0.05) is 13.8 Å². The molecule has 1 heterocycles. The molecule has 0 aliphatic heterocycles. The van der Waals surface area contributed by atoms with Crippen LogP contribution >= 0.6 is 22.6 Å². The quantitative estimate of drug-likeness (QED) is 0.865. The Bertz CT molecular complexity index is 342. The molecule has 0 radical (unpaired) electrons. The van der Waals surface area contributed by atoms with Crippen LogP contribution in [0.4, 0.5) is 5.82 Å². The van der Waals surface area contributed by atoms with Gasteiger partial charge in [0.2, 0.25) is 0 Å². The van der Waals surface area contributed by atoms with Gasteiger partial charge in [0.1, 0.15) is 12.4 Å². The van der Waals surface area contributed by atoms with Crippen molar-refractivity contribution in [2.24, 2.45) is 0 Å². The van der Waals surface area contributed by atoms with E-state index in [1.165, 1.54) is 0 Å². The second-order valence-electron chi connectivity index (χ2n) is 3.52. The molecule has 84 valence electrons. The van der Waals surface area contributed by atoms with Crippen molar-refractivity contribution in [1.29, 1.82) is 0 Å². The third kappa shape index (κ3) is 3.27. The topological polar surface area (TPSA) is 61.0 Å². The Hall–Kier alpha value is -0.430. The van der Waals surface area contributed by atoms with E-state index in [1.54, 1.807) is 0 Å². The lowest BCUT2D eigenvalue weighted by Crippen LogP contribution is -2.09. The van der Waals surface area contributed by atoms with Crippen LogP contribution in [-0.2, 0) is 11.3 Å². The molecule has 0 aliphatic rings. The molecule has 4 nitrogen and oxygen atoms in total. The first-order valence-corrected chi connectivity index (χ1v) is 6.03. The van der Waals surface area contributed by atoms with Gasteiger partial charge in [-0.15, -0.1) is 0 Å². The molecule has 0 saturated heterocycles. The second-order valence-corrected chi connectivity index (χ2v) is 4.59. The molecule has 0 bridgehead atoms. The smallest absolute Gasteiger partial charge is 0.156 e. The normalized spacial score (nSPS) is 11.0. The van der Waals surface area contributed by atoms with Crippen molar-refractivity contribution < 1.29 is 4.74 Å². The van der Waals surface area contributed by atoms with Crippen LogP contribution in [0.1, 0.15) is 38.2 Å². The minimum atomic E-state index is 0.350. The highest BCUT2D eigenvalue weighted by Crippen LogP contribution is 2.23. The SMILES string of the molecule is CCOCc1nc(N)c(I)c(C(C)C)n1. The maximum absolute atomic E-state index is 5.82. The number of anilines is 1. The molecule has 1 aromatic rings. The van der Waals surface area contributed by atoms with Crippen LogP contribution in [0.2, 0.25) is 0 Å². The van der Waals surface area contributed by atoms with Crippen molar-refractivity contribution in [1.82, 2.24) is 9.97 Å². The number of nitrogen functional groups attached to an aromatic ring is 1. The molecule has 0 amide bonds. The predicted molar refractivity (Wildman–Crippen MR) is 68.6 cm³/mol. The summed E-state index contributed by atoms with van der Waals surface area (Å²) < 4.78 is 6.21. The van der Waals surface area contributed by atoms with Crippen LogP contribution < -0.4 is 5.73 Å². The fourth-order valence-electron chi connectivity index (χ4n) is 1.17. The molecule has 2 N–H and O–H groups in total. The number of ether oxygens (including phenoxy) is 1. The maximum Gasteiger partial charge on any atom is 0.156 e. The standard InChI is InChI=1S/C10H16IN3O/c1-4-15-5-7-13-9(6(2)3)8(11)10(12)14-7/h6H,4-5H2,1-3H3,(H2,12,13,14). The Labute approximate surface area is 104 Å². The zero-order chi connectivity index (χ0) is 11.4. The number of halogens is 1. The second kappa shape index (κ2) is 5.60. The van der Waals surface area contributed by atoms with E-state index in [0.717, 1.165) is 9.26 Å². The van der Waals surface area contributed by atoms with Gasteiger partial charge >= 0.3 is 0 Å². The van der Waals surface area contributed by atoms with Crippen LogP contribution in [0, 0.1) is 3.57 Å². The third-order valence-electron chi connectivity index (χ3n) is 1.93. The largest absolute Gasteiger partial charge is 0.383 e. The van der Waals surface area contributed by atoms with E-state index in [4.69, 9.17) is 10.5 Å². The van der Waals surface area contributed by atoms with Gasteiger partial charge in [0.05, 0.1) is 9.26 Å². The van der Waals surface area contributed by atoms with Crippen LogP contribution in [0.5, 0.6) is 0 Å². The van der Waals surface area contributed by atoms with E-state index in [-0.39, 0.29) is 0 Å². The lowest BCUT2D eigenvalue weighted by atomic mass is 10.1. The average Bonchev–Trinajstić information content (AvgIpc) is 2.19. The van der Waals surface area contributed by atoms with Gasteiger partial charge in [-0.3, -0.25) is 0 Å². The summed E-state index contributed by atoms with van der Waals surface area (Å²) in [6.45, 7) is 7.21. The molecule has 0 aromatic carbocycles. The minimum absolute atomic E-state index is 0.350. The number of rotatable bonds is 4. The Morgan fingerprint density at radius 1 is 1.40 bits per heavy atom. The number of aromatic nitrogens is 2. The van der Waals surface area contributed by atoms with E-state index in [1.807, 2.05) is 6.92 Å². The first-order chi connectivity index (χ1) is 7.06. The van der Waals surface area contributed by atoms with E-state index < -0.39 is 0 Å². The summed E-state index contributed by atoms with van der Waals surface area (Å²) in [4.78, 5) is 8.63. The Kier molecular flexibility index (Phi) is 4.72. The van der Waals surface area contributed by atoms with Crippen molar-refractivity contribution in [2.75, 3.05) is 12.3 Å². The monoisotopic (exact) mass is 321 g/mol. The van der Waals surface area contributed by atoms with Crippen molar-refractivity contribution >= 4 is 28.4 Å². The lowest BCUT2D eigenvalue weighted by Gasteiger charge is -2.11. The lowest BCUT2D eigenvalue weighted by molar-refractivity contribution is 0.128. The summed E-state index contributed by atoms with van der Waals surface area (Å²) in [5, 5.41) is 0. The fraction of sp³-hybridized carbons (Fsp3) is 0.600. The fourth-order valence-corrected chi connectivity index (χ4v) is 2.04. The zero-order valence-electron chi connectivity index (χ0n) is 9.25. The van der Waals surface area contributed by atoms with Gasteiger partial charge < -0.3 is 10.5 Å². The van der Waals surface area contributed by atoms with Crippen LogP contribution in [-0.4, -0.2) is 16.6 Å². The van der Waals surface area contributed by atoms with Crippen molar-refractivity contribution in [3.8, 4) is 0 Å². The molecule has 5 heteroatoms. The van der Waals surface area contributed by atoms with Crippen molar-refractivity contribution in [3.63, 3.8) is 0 Å². The first-order valence-electron chi connectivity index (χ1n) is 4.95. The summed E-state index contributed by atoms with van der Waals surface area (Å²) in [5.41, 5.74) is 6.81. The molecule has 0 unspecified atom stereocenters. The van der Waals surface area contributed by atoms with Gasteiger partial charge in [0.25, 0.3) is 0 Å². The first kappa shape index (κ1) is 12.6. The molecule has 0 saturated carbocycles. The molecule has 1 rings (SSSR count). The number of nitrogens with two attached hydrogens (primary N) is 1. The highest BCUT2D eigenvalue weighted by Gasteiger charge is 2.12. The molecular formula is C10H16IN3O. The van der Waals surface area contributed by atoms with E-state index in [0.29, 0.717) is 30.8 Å². The molecule has 15 heavy (non-hydrogen) atoms.